The first-order chi connectivity index (χ1) is 13.3. The van der Waals surface area contributed by atoms with Gasteiger partial charge in [0.25, 0.3) is 5.69 Å². The van der Waals surface area contributed by atoms with Gasteiger partial charge in [-0.2, -0.15) is 0 Å². The van der Waals surface area contributed by atoms with Crippen molar-refractivity contribution in [2.75, 3.05) is 20.1 Å². The van der Waals surface area contributed by atoms with Crippen molar-refractivity contribution in [3.63, 3.8) is 0 Å². The monoisotopic (exact) mass is 405 g/mol. The molecule has 0 bridgehead atoms. The summed E-state index contributed by atoms with van der Waals surface area (Å²) >= 11 is 0. The molecule has 2 aromatic rings. The molecule has 0 saturated carbocycles. The fourth-order valence-electron chi connectivity index (χ4n) is 2.44. The van der Waals surface area contributed by atoms with Gasteiger partial charge in [-0.3, -0.25) is 15.1 Å². The van der Waals surface area contributed by atoms with E-state index in [1.807, 2.05) is 37.3 Å². The molecule has 0 aliphatic rings. The highest BCUT2D eigenvalue weighted by molar-refractivity contribution is 7.89. The number of nitro groups is 1. The Kier molecular flexibility index (Phi) is 7.47. The molecule has 1 atom stereocenters. The molecule has 3 N–H and O–H groups in total. The smallest absolute Gasteiger partial charge is 0.270 e. The standard InChI is InChI=1S/C18H23N5O4S/c1-14(15-7-4-3-5-8-15)22-18(19-2)20-11-12-21-28(26,27)17-10-6-9-16(13-17)23(24)25/h3-10,13-14,21H,11-12H2,1-2H3,(H2,19,20,22). The fraction of sp³-hybridized carbons (Fsp3) is 0.278. The lowest BCUT2D eigenvalue weighted by molar-refractivity contribution is -0.385. The summed E-state index contributed by atoms with van der Waals surface area (Å²) in [6.45, 7) is 2.37. The van der Waals surface area contributed by atoms with Crippen LogP contribution in [0.25, 0.3) is 0 Å². The molecule has 0 radical (unpaired) electrons. The van der Waals surface area contributed by atoms with Crippen molar-refractivity contribution in [2.45, 2.75) is 17.9 Å². The van der Waals surface area contributed by atoms with Gasteiger partial charge in [0.2, 0.25) is 10.0 Å². The number of benzene rings is 2. The van der Waals surface area contributed by atoms with E-state index in [2.05, 4.69) is 20.3 Å². The highest BCUT2D eigenvalue weighted by Crippen LogP contribution is 2.16. The van der Waals surface area contributed by atoms with Crippen LogP contribution in [0.3, 0.4) is 0 Å². The zero-order valence-corrected chi connectivity index (χ0v) is 16.4. The molecule has 0 saturated heterocycles. The number of hydrogen-bond acceptors (Lipinski definition) is 5. The maximum absolute atomic E-state index is 12.3. The average molecular weight is 405 g/mol. The van der Waals surface area contributed by atoms with Gasteiger partial charge in [-0.25, -0.2) is 13.1 Å². The van der Waals surface area contributed by atoms with Gasteiger partial charge in [0.15, 0.2) is 5.96 Å². The lowest BCUT2D eigenvalue weighted by atomic mass is 10.1. The number of hydrogen-bond donors (Lipinski definition) is 3. The quantitative estimate of drug-likeness (QED) is 0.202. The molecule has 0 aliphatic heterocycles. The topological polar surface area (TPSA) is 126 Å². The molecule has 2 rings (SSSR count). The Balaban J connectivity index is 1.86. The first kappa shape index (κ1) is 21.3. The van der Waals surface area contributed by atoms with Gasteiger partial charge in [0.1, 0.15) is 0 Å². The maximum atomic E-state index is 12.3. The summed E-state index contributed by atoms with van der Waals surface area (Å²) in [7, 11) is -2.22. The summed E-state index contributed by atoms with van der Waals surface area (Å²) < 4.78 is 27.0. The van der Waals surface area contributed by atoms with Gasteiger partial charge in [0.05, 0.1) is 15.9 Å². The van der Waals surface area contributed by atoms with Crippen LogP contribution in [0.1, 0.15) is 18.5 Å². The molecule has 0 fully saturated rings. The average Bonchev–Trinajstić information content (AvgIpc) is 2.70. The third kappa shape index (κ3) is 6.03. The molecule has 28 heavy (non-hydrogen) atoms. The van der Waals surface area contributed by atoms with E-state index in [0.717, 1.165) is 11.6 Å². The Morgan fingerprint density at radius 1 is 1.14 bits per heavy atom. The predicted octanol–water partition coefficient (Wildman–Crippen LogP) is 1.80. The minimum atomic E-state index is -3.84. The van der Waals surface area contributed by atoms with Crippen LogP contribution in [0.4, 0.5) is 5.69 Å². The van der Waals surface area contributed by atoms with Gasteiger partial charge in [-0.05, 0) is 18.6 Å². The number of nitrogens with one attached hydrogen (secondary N) is 3. The van der Waals surface area contributed by atoms with Crippen molar-refractivity contribution in [3.05, 3.63) is 70.3 Å². The fourth-order valence-corrected chi connectivity index (χ4v) is 3.51. The van der Waals surface area contributed by atoms with E-state index < -0.39 is 14.9 Å². The lowest BCUT2D eigenvalue weighted by Gasteiger charge is -2.18. The molecule has 2 aromatic carbocycles. The first-order valence-corrected chi connectivity index (χ1v) is 10.1. The van der Waals surface area contributed by atoms with Gasteiger partial charge in [-0.1, -0.05) is 36.4 Å². The Bertz CT molecular complexity index is 932. The molecule has 9 nitrogen and oxygen atoms in total. The van der Waals surface area contributed by atoms with Crippen molar-refractivity contribution >= 4 is 21.7 Å². The molecule has 0 heterocycles. The van der Waals surface area contributed by atoms with Crippen LogP contribution in [0.2, 0.25) is 0 Å². The lowest BCUT2D eigenvalue weighted by Crippen LogP contribution is -2.42. The van der Waals surface area contributed by atoms with Crippen molar-refractivity contribution in [2.24, 2.45) is 4.99 Å². The number of aliphatic imine (C=N–C) groups is 1. The van der Waals surface area contributed by atoms with Gasteiger partial charge >= 0.3 is 0 Å². The number of guanidine groups is 1. The SMILES string of the molecule is CN=C(NCCNS(=O)(=O)c1cccc([N+](=O)[O-])c1)NC(C)c1ccccc1. The zero-order valence-electron chi connectivity index (χ0n) is 15.6. The van der Waals surface area contributed by atoms with Crippen LogP contribution >= 0.6 is 0 Å². The van der Waals surface area contributed by atoms with Crippen molar-refractivity contribution in [1.82, 2.24) is 15.4 Å². The van der Waals surface area contributed by atoms with E-state index in [1.165, 1.54) is 18.2 Å². The predicted molar refractivity (Wildman–Crippen MR) is 108 cm³/mol. The van der Waals surface area contributed by atoms with Crippen LogP contribution < -0.4 is 15.4 Å². The van der Waals surface area contributed by atoms with Crippen LogP contribution in [0, 0.1) is 10.1 Å². The Morgan fingerprint density at radius 2 is 1.86 bits per heavy atom. The highest BCUT2D eigenvalue weighted by atomic mass is 32.2. The summed E-state index contributed by atoms with van der Waals surface area (Å²) in [5.74, 6) is 0.533. The Labute approximate surface area is 164 Å². The number of sulfonamides is 1. The molecule has 10 heteroatoms. The normalized spacial score (nSPS) is 13.0. The Morgan fingerprint density at radius 3 is 2.50 bits per heavy atom. The summed E-state index contributed by atoms with van der Waals surface area (Å²) in [6, 6.07) is 14.8. The highest BCUT2D eigenvalue weighted by Gasteiger charge is 2.17. The Hall–Kier alpha value is -2.98. The van der Waals surface area contributed by atoms with E-state index in [-0.39, 0.29) is 29.7 Å². The van der Waals surface area contributed by atoms with Crippen molar-refractivity contribution < 1.29 is 13.3 Å². The molecular formula is C18H23N5O4S. The van der Waals surface area contributed by atoms with Crippen LogP contribution in [0.15, 0.2) is 64.5 Å². The van der Waals surface area contributed by atoms with Crippen LogP contribution in [0.5, 0.6) is 0 Å². The second-order valence-electron chi connectivity index (χ2n) is 5.93. The summed E-state index contributed by atoms with van der Waals surface area (Å²) in [5, 5.41) is 17.0. The van der Waals surface area contributed by atoms with Crippen molar-refractivity contribution in [1.29, 1.82) is 0 Å². The molecular weight excluding hydrogens is 382 g/mol. The number of nitrogens with zero attached hydrogens (tertiary/aromatic N) is 2. The first-order valence-electron chi connectivity index (χ1n) is 8.60. The third-order valence-electron chi connectivity index (χ3n) is 3.92. The second-order valence-corrected chi connectivity index (χ2v) is 7.69. The van der Waals surface area contributed by atoms with E-state index in [9.17, 15) is 18.5 Å². The van der Waals surface area contributed by atoms with Gasteiger partial charge in [0, 0.05) is 32.3 Å². The molecule has 0 amide bonds. The van der Waals surface area contributed by atoms with E-state index in [0.29, 0.717) is 5.96 Å². The number of rotatable bonds is 8. The van der Waals surface area contributed by atoms with Gasteiger partial charge in [-0.15, -0.1) is 0 Å². The zero-order chi connectivity index (χ0) is 20.6. The molecule has 150 valence electrons. The van der Waals surface area contributed by atoms with E-state index in [4.69, 9.17) is 0 Å². The van der Waals surface area contributed by atoms with E-state index >= 15 is 0 Å². The largest absolute Gasteiger partial charge is 0.355 e. The number of nitro benzene ring substituents is 1. The van der Waals surface area contributed by atoms with Crippen LogP contribution in [-0.4, -0.2) is 39.4 Å². The van der Waals surface area contributed by atoms with Crippen LogP contribution in [-0.2, 0) is 10.0 Å². The van der Waals surface area contributed by atoms with E-state index in [1.54, 1.807) is 7.05 Å². The third-order valence-corrected chi connectivity index (χ3v) is 5.38. The summed E-state index contributed by atoms with van der Waals surface area (Å²) in [6.07, 6.45) is 0. The summed E-state index contributed by atoms with van der Waals surface area (Å²) in [5.41, 5.74) is 0.817. The van der Waals surface area contributed by atoms with Gasteiger partial charge < -0.3 is 10.6 Å². The molecule has 1 unspecified atom stereocenters. The number of non-ortho nitro benzene ring substituents is 1. The van der Waals surface area contributed by atoms with Crippen molar-refractivity contribution in [3.8, 4) is 0 Å². The minimum Gasteiger partial charge on any atom is -0.355 e. The molecule has 0 spiro atoms. The molecule has 0 aliphatic carbocycles. The molecule has 0 aromatic heterocycles. The summed E-state index contributed by atoms with van der Waals surface area (Å²) in [4.78, 5) is 14.1. The second kappa shape index (κ2) is 9.81. The maximum Gasteiger partial charge on any atom is 0.270 e. The minimum absolute atomic E-state index is 0.0222.